The highest BCUT2D eigenvalue weighted by Gasteiger charge is 2.45. The van der Waals surface area contributed by atoms with Gasteiger partial charge in [0.05, 0.1) is 24.3 Å². The zero-order valence-electron chi connectivity index (χ0n) is 15.9. The van der Waals surface area contributed by atoms with E-state index in [0.717, 1.165) is 17.7 Å². The number of carbonyl (C=O) groups is 1. The first-order valence-electron chi connectivity index (χ1n) is 9.73. The number of rotatable bonds is 3. The van der Waals surface area contributed by atoms with Gasteiger partial charge in [-0.15, -0.1) is 0 Å². The SMILES string of the molecule is CCOC(=O)C1CC[C@H]2[C@@H](c3ccccc3)Nc3ccc(C(F)(F)F)cc3[C@H]2O1. The van der Waals surface area contributed by atoms with Crippen LogP contribution in [0.15, 0.2) is 48.5 Å². The summed E-state index contributed by atoms with van der Waals surface area (Å²) in [5.41, 5.74) is 1.34. The molecule has 1 N–H and O–H groups in total. The summed E-state index contributed by atoms with van der Waals surface area (Å²) in [6.45, 7) is 1.94. The fourth-order valence-electron chi connectivity index (χ4n) is 4.27. The molecule has 2 aliphatic heterocycles. The van der Waals surface area contributed by atoms with Crippen LogP contribution in [0, 0.1) is 5.92 Å². The molecular weight excluding hydrogens is 383 g/mol. The topological polar surface area (TPSA) is 47.6 Å². The van der Waals surface area contributed by atoms with Crippen LogP contribution in [0.5, 0.6) is 0 Å². The predicted octanol–water partition coefficient (Wildman–Crippen LogP) is 5.27. The van der Waals surface area contributed by atoms with E-state index in [1.54, 1.807) is 6.92 Å². The van der Waals surface area contributed by atoms with Gasteiger partial charge in [0.25, 0.3) is 0 Å². The Bertz CT molecular complexity index is 885. The van der Waals surface area contributed by atoms with E-state index < -0.39 is 29.9 Å². The molecule has 2 aliphatic rings. The highest BCUT2D eigenvalue weighted by Crippen LogP contribution is 2.51. The number of hydrogen-bond acceptors (Lipinski definition) is 4. The summed E-state index contributed by atoms with van der Waals surface area (Å²) in [7, 11) is 0. The third kappa shape index (κ3) is 3.83. The summed E-state index contributed by atoms with van der Waals surface area (Å²) in [5.74, 6) is -0.562. The first kappa shape index (κ1) is 19.8. The van der Waals surface area contributed by atoms with Crippen molar-refractivity contribution < 1.29 is 27.4 Å². The third-order valence-corrected chi connectivity index (χ3v) is 5.59. The molecule has 0 aromatic heterocycles. The van der Waals surface area contributed by atoms with Crippen LogP contribution < -0.4 is 5.32 Å². The van der Waals surface area contributed by atoms with Gasteiger partial charge in [0.2, 0.25) is 0 Å². The third-order valence-electron chi connectivity index (χ3n) is 5.59. The van der Waals surface area contributed by atoms with E-state index in [1.807, 2.05) is 30.3 Å². The Labute approximate surface area is 167 Å². The first-order chi connectivity index (χ1) is 13.9. The number of alkyl halides is 3. The van der Waals surface area contributed by atoms with Crippen molar-refractivity contribution in [3.05, 3.63) is 65.2 Å². The highest BCUT2D eigenvalue weighted by molar-refractivity contribution is 5.75. The number of nitrogens with one attached hydrogen (secondary N) is 1. The quantitative estimate of drug-likeness (QED) is 0.707. The molecule has 2 heterocycles. The Balaban J connectivity index is 1.74. The molecule has 4 nitrogen and oxygen atoms in total. The molecule has 1 fully saturated rings. The number of anilines is 1. The molecule has 0 saturated carbocycles. The minimum Gasteiger partial charge on any atom is -0.464 e. The number of hydrogen-bond donors (Lipinski definition) is 1. The fourth-order valence-corrected chi connectivity index (χ4v) is 4.27. The van der Waals surface area contributed by atoms with Gasteiger partial charge in [-0.05, 0) is 43.5 Å². The average molecular weight is 405 g/mol. The molecule has 2 aromatic carbocycles. The molecule has 2 aromatic rings. The number of fused-ring (bicyclic) bond motifs is 3. The lowest BCUT2D eigenvalue weighted by Crippen LogP contribution is -2.42. The van der Waals surface area contributed by atoms with Crippen molar-refractivity contribution in [3.8, 4) is 0 Å². The Kier molecular flexibility index (Phi) is 5.25. The molecule has 0 amide bonds. The summed E-state index contributed by atoms with van der Waals surface area (Å²) in [6, 6.07) is 13.3. The zero-order valence-corrected chi connectivity index (χ0v) is 15.9. The van der Waals surface area contributed by atoms with Crippen LogP contribution in [0.1, 0.15) is 48.6 Å². The van der Waals surface area contributed by atoms with Crippen molar-refractivity contribution in [2.75, 3.05) is 11.9 Å². The van der Waals surface area contributed by atoms with Crippen molar-refractivity contribution in [2.24, 2.45) is 5.92 Å². The second-order valence-corrected chi connectivity index (χ2v) is 7.37. The lowest BCUT2D eigenvalue weighted by atomic mass is 9.76. The van der Waals surface area contributed by atoms with Crippen molar-refractivity contribution >= 4 is 11.7 Å². The molecule has 0 radical (unpaired) electrons. The maximum atomic E-state index is 13.3. The number of esters is 1. The monoisotopic (exact) mass is 405 g/mol. The normalized spacial score (nSPS) is 26.1. The van der Waals surface area contributed by atoms with Gasteiger partial charge in [0.1, 0.15) is 0 Å². The maximum absolute atomic E-state index is 13.3. The molecule has 4 rings (SSSR count). The molecule has 29 heavy (non-hydrogen) atoms. The van der Waals surface area contributed by atoms with E-state index in [0.29, 0.717) is 24.1 Å². The summed E-state index contributed by atoms with van der Waals surface area (Å²) in [5, 5.41) is 3.40. The van der Waals surface area contributed by atoms with Gasteiger partial charge in [-0.2, -0.15) is 13.2 Å². The fraction of sp³-hybridized carbons (Fsp3) is 0.409. The molecule has 0 spiro atoms. The van der Waals surface area contributed by atoms with Crippen molar-refractivity contribution in [1.29, 1.82) is 0 Å². The summed E-state index contributed by atoms with van der Waals surface area (Å²) in [4.78, 5) is 12.2. The minimum absolute atomic E-state index is 0.0981. The average Bonchev–Trinajstić information content (AvgIpc) is 2.72. The van der Waals surface area contributed by atoms with Crippen LogP contribution in [0.3, 0.4) is 0 Å². The molecule has 0 aliphatic carbocycles. The van der Waals surface area contributed by atoms with Gasteiger partial charge < -0.3 is 14.8 Å². The van der Waals surface area contributed by atoms with Gasteiger partial charge >= 0.3 is 12.1 Å². The van der Waals surface area contributed by atoms with Gasteiger partial charge in [-0.3, -0.25) is 0 Å². The Hall–Kier alpha value is -2.54. The van der Waals surface area contributed by atoms with E-state index >= 15 is 0 Å². The van der Waals surface area contributed by atoms with E-state index in [-0.39, 0.29) is 18.6 Å². The van der Waals surface area contributed by atoms with Crippen LogP contribution in [0.2, 0.25) is 0 Å². The van der Waals surface area contributed by atoms with Crippen molar-refractivity contribution in [2.45, 2.75) is 44.2 Å². The summed E-state index contributed by atoms with van der Waals surface area (Å²) in [6.07, 6.45) is -4.74. The molecule has 7 heteroatoms. The van der Waals surface area contributed by atoms with Crippen molar-refractivity contribution in [3.63, 3.8) is 0 Å². The summed E-state index contributed by atoms with van der Waals surface area (Å²) < 4.78 is 51.0. The lowest BCUT2D eigenvalue weighted by molar-refractivity contribution is -0.171. The number of benzene rings is 2. The van der Waals surface area contributed by atoms with E-state index in [9.17, 15) is 18.0 Å². The van der Waals surface area contributed by atoms with Crippen molar-refractivity contribution in [1.82, 2.24) is 0 Å². The second kappa shape index (κ2) is 7.71. The van der Waals surface area contributed by atoms with E-state index in [1.165, 1.54) is 6.07 Å². The van der Waals surface area contributed by atoms with Gasteiger partial charge in [0.15, 0.2) is 6.10 Å². The molecule has 0 bridgehead atoms. The zero-order chi connectivity index (χ0) is 20.6. The van der Waals surface area contributed by atoms with Crippen LogP contribution >= 0.6 is 0 Å². The molecule has 1 saturated heterocycles. The second-order valence-electron chi connectivity index (χ2n) is 7.37. The van der Waals surface area contributed by atoms with Crippen LogP contribution in [0.25, 0.3) is 0 Å². The summed E-state index contributed by atoms with van der Waals surface area (Å²) >= 11 is 0. The smallest absolute Gasteiger partial charge is 0.416 e. The molecular formula is C22H22F3NO3. The van der Waals surface area contributed by atoms with Crippen LogP contribution in [0.4, 0.5) is 18.9 Å². The predicted molar refractivity (Wildman–Crippen MR) is 101 cm³/mol. The van der Waals surface area contributed by atoms with E-state index in [4.69, 9.17) is 9.47 Å². The lowest BCUT2D eigenvalue weighted by Gasteiger charge is -2.45. The Morgan fingerprint density at radius 2 is 1.93 bits per heavy atom. The Morgan fingerprint density at radius 3 is 2.62 bits per heavy atom. The number of ether oxygens (including phenoxy) is 2. The number of halogens is 3. The van der Waals surface area contributed by atoms with Gasteiger partial charge in [-0.25, -0.2) is 4.79 Å². The van der Waals surface area contributed by atoms with Gasteiger partial charge in [0, 0.05) is 17.2 Å². The highest BCUT2D eigenvalue weighted by atomic mass is 19.4. The van der Waals surface area contributed by atoms with Crippen LogP contribution in [-0.4, -0.2) is 18.7 Å². The van der Waals surface area contributed by atoms with Crippen LogP contribution in [-0.2, 0) is 20.4 Å². The molecule has 1 unspecified atom stereocenters. The Morgan fingerprint density at radius 1 is 1.17 bits per heavy atom. The standard InChI is InChI=1S/C22H22F3NO3/c1-2-28-21(27)18-11-9-15-19(13-6-4-3-5-7-13)26-17-10-8-14(22(23,24)25)12-16(17)20(15)29-18/h3-8,10,12,15,18-20,26H,2,9,11H2,1H3/t15-,18?,19+,20-/m0/s1. The largest absolute Gasteiger partial charge is 0.464 e. The minimum atomic E-state index is -4.45. The van der Waals surface area contributed by atoms with E-state index in [2.05, 4.69) is 5.32 Å². The maximum Gasteiger partial charge on any atom is 0.416 e. The molecule has 4 atom stereocenters. The molecule has 154 valence electrons. The van der Waals surface area contributed by atoms with Gasteiger partial charge in [-0.1, -0.05) is 30.3 Å². The number of carbonyl (C=O) groups excluding carboxylic acids is 1. The first-order valence-corrected chi connectivity index (χ1v) is 9.73.